The number of nitrogens with zero attached hydrogens (tertiary/aromatic N) is 1. The average Bonchev–Trinajstić information content (AvgIpc) is 2.02. The van der Waals surface area contributed by atoms with E-state index in [1.165, 1.54) is 4.31 Å². The Bertz CT molecular complexity index is 274. The highest BCUT2D eigenvalue weighted by Gasteiger charge is 2.31. The van der Waals surface area contributed by atoms with Gasteiger partial charge in [0, 0.05) is 25.2 Å². The zero-order chi connectivity index (χ0) is 10.8. The molecule has 0 bridgehead atoms. The average molecular weight is 258 g/mol. The molecule has 1 saturated carbocycles. The van der Waals surface area contributed by atoms with Crippen molar-refractivity contribution >= 4 is 22.6 Å². The molecular weight excluding hydrogens is 238 g/mol. The maximum atomic E-state index is 11.7. The van der Waals surface area contributed by atoms with Crippen molar-refractivity contribution in [2.45, 2.75) is 38.8 Å². The van der Waals surface area contributed by atoms with E-state index in [4.69, 9.17) is 5.73 Å². The summed E-state index contributed by atoms with van der Waals surface area (Å²) in [6, 6.07) is 0.204. The van der Waals surface area contributed by atoms with Gasteiger partial charge in [0.1, 0.15) is 0 Å². The van der Waals surface area contributed by atoms with Crippen LogP contribution in [0.5, 0.6) is 0 Å². The summed E-state index contributed by atoms with van der Waals surface area (Å²) >= 11 is 0. The Kier molecular flexibility index (Phi) is 6.05. The van der Waals surface area contributed by atoms with Crippen LogP contribution in [0.25, 0.3) is 0 Å². The van der Waals surface area contributed by atoms with Gasteiger partial charge in [0.15, 0.2) is 0 Å². The molecule has 1 aliphatic carbocycles. The smallest absolute Gasteiger partial charge is 0.279 e. The molecule has 5 nitrogen and oxygen atoms in total. The third kappa shape index (κ3) is 3.88. The molecule has 0 saturated heterocycles. The molecule has 0 aromatic carbocycles. The minimum Gasteiger partial charge on any atom is -0.328 e. The highest BCUT2D eigenvalue weighted by atomic mass is 35.5. The number of rotatable bonds is 5. The molecule has 92 valence electrons. The molecule has 0 aliphatic heterocycles. The molecule has 0 aromatic heterocycles. The third-order valence-corrected chi connectivity index (χ3v) is 4.36. The standard InChI is InChI=1S/C8H19N3O2S.ClH/c1-3-11(4-2)14(12,13)10-8-5-7(9)6-8;/h7-8,10H,3-6,9H2,1-2H3;1H. The van der Waals surface area contributed by atoms with Crippen molar-refractivity contribution in [2.75, 3.05) is 13.1 Å². The van der Waals surface area contributed by atoms with Gasteiger partial charge in [-0.3, -0.25) is 0 Å². The predicted octanol–water partition coefficient (Wildman–Crippen LogP) is 0.0741. The molecule has 0 amide bonds. The van der Waals surface area contributed by atoms with Crippen LogP contribution in [0.4, 0.5) is 0 Å². The SMILES string of the molecule is CCN(CC)S(=O)(=O)NC1CC(N)C1.Cl. The summed E-state index contributed by atoms with van der Waals surface area (Å²) < 4.78 is 27.4. The van der Waals surface area contributed by atoms with Crippen molar-refractivity contribution in [3.8, 4) is 0 Å². The fourth-order valence-electron chi connectivity index (χ4n) is 1.61. The van der Waals surface area contributed by atoms with E-state index < -0.39 is 10.2 Å². The lowest BCUT2D eigenvalue weighted by Crippen LogP contribution is -2.53. The Hall–Kier alpha value is 0.120. The van der Waals surface area contributed by atoms with Crippen LogP contribution in [0, 0.1) is 0 Å². The summed E-state index contributed by atoms with van der Waals surface area (Å²) in [5, 5.41) is 0. The van der Waals surface area contributed by atoms with Crippen LogP contribution in [-0.4, -0.2) is 37.9 Å². The summed E-state index contributed by atoms with van der Waals surface area (Å²) in [6.07, 6.45) is 1.50. The lowest BCUT2D eigenvalue weighted by molar-refractivity contribution is 0.316. The number of nitrogens with one attached hydrogen (secondary N) is 1. The second-order valence-corrected chi connectivity index (χ2v) is 5.34. The number of hydrogen-bond acceptors (Lipinski definition) is 3. The predicted molar refractivity (Wildman–Crippen MR) is 63.2 cm³/mol. The van der Waals surface area contributed by atoms with E-state index in [-0.39, 0.29) is 24.5 Å². The lowest BCUT2D eigenvalue weighted by atomic mass is 9.89. The largest absolute Gasteiger partial charge is 0.328 e. The van der Waals surface area contributed by atoms with Crippen molar-refractivity contribution in [2.24, 2.45) is 5.73 Å². The summed E-state index contributed by atoms with van der Waals surface area (Å²) in [7, 11) is -3.28. The molecule has 0 heterocycles. The van der Waals surface area contributed by atoms with Gasteiger partial charge in [-0.25, -0.2) is 0 Å². The normalized spacial score (nSPS) is 25.9. The number of halogens is 1. The van der Waals surface area contributed by atoms with E-state index in [0.29, 0.717) is 13.1 Å². The molecule has 3 N–H and O–H groups in total. The summed E-state index contributed by atoms with van der Waals surface area (Å²) in [5.41, 5.74) is 5.58. The van der Waals surface area contributed by atoms with Crippen molar-refractivity contribution in [1.29, 1.82) is 0 Å². The van der Waals surface area contributed by atoms with Crippen LogP contribution < -0.4 is 10.5 Å². The maximum absolute atomic E-state index is 11.7. The van der Waals surface area contributed by atoms with Crippen LogP contribution in [-0.2, 0) is 10.2 Å². The van der Waals surface area contributed by atoms with Crippen LogP contribution >= 0.6 is 12.4 Å². The molecule has 1 aliphatic rings. The summed E-state index contributed by atoms with van der Waals surface area (Å²) in [5.74, 6) is 0. The van der Waals surface area contributed by atoms with Crippen molar-refractivity contribution in [3.05, 3.63) is 0 Å². The van der Waals surface area contributed by atoms with Crippen molar-refractivity contribution in [3.63, 3.8) is 0 Å². The molecule has 1 rings (SSSR count). The van der Waals surface area contributed by atoms with Gasteiger partial charge in [-0.05, 0) is 12.8 Å². The molecule has 0 atom stereocenters. The lowest BCUT2D eigenvalue weighted by Gasteiger charge is -2.34. The van der Waals surface area contributed by atoms with Gasteiger partial charge >= 0.3 is 0 Å². The monoisotopic (exact) mass is 257 g/mol. The molecular formula is C8H20ClN3O2S. The van der Waals surface area contributed by atoms with Crippen LogP contribution in [0.3, 0.4) is 0 Å². The van der Waals surface area contributed by atoms with Gasteiger partial charge in [-0.1, -0.05) is 13.8 Å². The molecule has 1 fully saturated rings. The summed E-state index contributed by atoms with van der Waals surface area (Å²) in [6.45, 7) is 4.67. The second-order valence-electron chi connectivity index (χ2n) is 3.64. The molecule has 15 heavy (non-hydrogen) atoms. The van der Waals surface area contributed by atoms with E-state index in [1.807, 2.05) is 13.8 Å². The Labute approximate surface area is 98.0 Å². The van der Waals surface area contributed by atoms with E-state index >= 15 is 0 Å². The van der Waals surface area contributed by atoms with Crippen molar-refractivity contribution < 1.29 is 8.42 Å². The van der Waals surface area contributed by atoms with Crippen LogP contribution in [0.2, 0.25) is 0 Å². The van der Waals surface area contributed by atoms with E-state index in [0.717, 1.165) is 12.8 Å². The zero-order valence-electron chi connectivity index (χ0n) is 9.14. The topological polar surface area (TPSA) is 75.4 Å². The van der Waals surface area contributed by atoms with E-state index in [2.05, 4.69) is 4.72 Å². The first-order valence-corrected chi connectivity index (χ1v) is 6.46. The molecule has 0 radical (unpaired) electrons. The van der Waals surface area contributed by atoms with Gasteiger partial charge in [0.25, 0.3) is 10.2 Å². The fourth-order valence-corrected chi connectivity index (χ4v) is 3.05. The number of nitrogens with two attached hydrogens (primary N) is 1. The van der Waals surface area contributed by atoms with Crippen LogP contribution in [0.15, 0.2) is 0 Å². The minimum atomic E-state index is -3.28. The first-order valence-electron chi connectivity index (χ1n) is 5.02. The van der Waals surface area contributed by atoms with E-state index in [1.54, 1.807) is 0 Å². The minimum absolute atomic E-state index is 0. The Morgan fingerprint density at radius 2 is 1.80 bits per heavy atom. The third-order valence-electron chi connectivity index (χ3n) is 2.54. The Balaban J connectivity index is 0.00000196. The highest BCUT2D eigenvalue weighted by molar-refractivity contribution is 7.87. The quantitative estimate of drug-likeness (QED) is 0.732. The molecule has 0 unspecified atom stereocenters. The van der Waals surface area contributed by atoms with E-state index in [9.17, 15) is 8.42 Å². The molecule has 7 heteroatoms. The number of hydrogen-bond donors (Lipinski definition) is 2. The Morgan fingerprint density at radius 1 is 1.33 bits per heavy atom. The zero-order valence-corrected chi connectivity index (χ0v) is 10.8. The Morgan fingerprint density at radius 3 is 2.13 bits per heavy atom. The van der Waals surface area contributed by atoms with Crippen molar-refractivity contribution in [1.82, 2.24) is 9.03 Å². The molecule has 0 aromatic rings. The van der Waals surface area contributed by atoms with Crippen LogP contribution in [0.1, 0.15) is 26.7 Å². The van der Waals surface area contributed by atoms with Gasteiger partial charge in [0.05, 0.1) is 0 Å². The van der Waals surface area contributed by atoms with Gasteiger partial charge < -0.3 is 5.73 Å². The van der Waals surface area contributed by atoms with Gasteiger partial charge in [-0.15, -0.1) is 12.4 Å². The second kappa shape index (κ2) is 6.00. The van der Waals surface area contributed by atoms with Gasteiger partial charge in [-0.2, -0.15) is 17.4 Å². The fraction of sp³-hybridized carbons (Fsp3) is 1.00. The molecule has 0 spiro atoms. The summed E-state index contributed by atoms with van der Waals surface area (Å²) in [4.78, 5) is 0. The first-order chi connectivity index (χ1) is 6.49. The maximum Gasteiger partial charge on any atom is 0.279 e. The van der Waals surface area contributed by atoms with Gasteiger partial charge in [0.2, 0.25) is 0 Å². The highest BCUT2D eigenvalue weighted by Crippen LogP contribution is 2.18. The first kappa shape index (κ1) is 15.1.